The van der Waals surface area contributed by atoms with E-state index in [1.165, 1.54) is 25.7 Å². The van der Waals surface area contributed by atoms with Crippen LogP contribution in [0.4, 0.5) is 0 Å². The summed E-state index contributed by atoms with van der Waals surface area (Å²) in [7, 11) is 0.854. The van der Waals surface area contributed by atoms with E-state index in [-0.39, 0.29) is 11.1 Å². The van der Waals surface area contributed by atoms with Crippen molar-refractivity contribution in [2.24, 2.45) is 0 Å². The third kappa shape index (κ3) is 5.18. The third-order valence-corrected chi connectivity index (χ3v) is 7.67. The molecule has 4 heteroatoms. The van der Waals surface area contributed by atoms with Crippen LogP contribution in [0, 0.1) is 0 Å². The molecule has 0 bridgehead atoms. The molecular weight excluding hydrogens is 256 g/mol. The van der Waals surface area contributed by atoms with Gasteiger partial charge in [-0.2, -0.15) is 0 Å². The summed E-state index contributed by atoms with van der Waals surface area (Å²) in [5.41, 5.74) is 0. The summed E-state index contributed by atoms with van der Waals surface area (Å²) >= 11 is 0. The molecule has 0 saturated heterocycles. The number of hydrogen-bond donors (Lipinski definition) is 0. The minimum absolute atomic E-state index is 0.0206. The quantitative estimate of drug-likeness (QED) is 0.512. The molecule has 0 aromatic carbocycles. The molecule has 0 aromatic rings. The number of unbranched alkanes of at least 4 members (excludes halogenated alkanes) is 2. The Hall–Kier alpha value is 0.0969. The molecule has 19 heavy (non-hydrogen) atoms. The normalized spacial score (nSPS) is 13.3. The van der Waals surface area contributed by atoms with Crippen molar-refractivity contribution in [3.05, 3.63) is 0 Å². The molecule has 0 atom stereocenters. The van der Waals surface area contributed by atoms with E-state index < -0.39 is 8.80 Å². The van der Waals surface area contributed by atoms with Crippen LogP contribution in [0.3, 0.4) is 0 Å². The Labute approximate surface area is 121 Å². The van der Waals surface area contributed by atoms with Gasteiger partial charge in [0, 0.05) is 25.4 Å². The van der Waals surface area contributed by atoms with Gasteiger partial charge >= 0.3 is 8.80 Å². The maximum absolute atomic E-state index is 6.19. The Morgan fingerprint density at radius 2 is 1.37 bits per heavy atom. The number of rotatable bonds is 11. The van der Waals surface area contributed by atoms with E-state index in [9.17, 15) is 0 Å². The summed E-state index contributed by atoms with van der Waals surface area (Å²) < 4.78 is 17.9. The van der Waals surface area contributed by atoms with Crippen LogP contribution in [0.1, 0.15) is 73.1 Å². The average Bonchev–Trinajstić information content (AvgIpc) is 2.39. The molecule has 0 saturated carbocycles. The lowest BCUT2D eigenvalue weighted by Crippen LogP contribution is -2.55. The summed E-state index contributed by atoms with van der Waals surface area (Å²) in [6.45, 7) is 10.9. The van der Waals surface area contributed by atoms with E-state index in [1.807, 2.05) is 0 Å². The molecule has 3 nitrogen and oxygen atoms in total. The first-order valence-electron chi connectivity index (χ1n) is 7.69. The maximum atomic E-state index is 6.19. The molecule has 0 aliphatic rings. The molecule has 0 amide bonds. The highest BCUT2D eigenvalue weighted by Gasteiger charge is 2.56. The van der Waals surface area contributed by atoms with Crippen molar-refractivity contribution >= 4 is 8.80 Å². The van der Waals surface area contributed by atoms with Crippen molar-refractivity contribution in [2.75, 3.05) is 14.2 Å². The van der Waals surface area contributed by atoms with Gasteiger partial charge in [0.25, 0.3) is 0 Å². The smallest absolute Gasteiger partial charge is 0.376 e. The fourth-order valence-electron chi connectivity index (χ4n) is 2.69. The monoisotopic (exact) mass is 290 g/mol. The van der Waals surface area contributed by atoms with Gasteiger partial charge < -0.3 is 13.3 Å². The lowest BCUT2D eigenvalue weighted by Gasteiger charge is -2.43. The topological polar surface area (TPSA) is 27.7 Å². The van der Waals surface area contributed by atoms with Gasteiger partial charge in [0.2, 0.25) is 0 Å². The van der Waals surface area contributed by atoms with Crippen LogP contribution in [0.15, 0.2) is 0 Å². The standard InChI is InChI=1S/C15H34O3Si/c1-8-10-12-15(5,13-11-9-2)19(16-6,17-7)18-14(3)4/h14H,8-13H2,1-7H3. The van der Waals surface area contributed by atoms with Crippen LogP contribution < -0.4 is 0 Å². The van der Waals surface area contributed by atoms with Crippen LogP contribution in [0.25, 0.3) is 0 Å². The molecule has 0 rings (SSSR count). The van der Waals surface area contributed by atoms with Crippen LogP contribution in [-0.4, -0.2) is 29.1 Å². The van der Waals surface area contributed by atoms with Crippen LogP contribution in [0.5, 0.6) is 0 Å². The molecule has 0 aromatic heterocycles. The van der Waals surface area contributed by atoms with E-state index in [1.54, 1.807) is 14.2 Å². The highest BCUT2D eigenvalue weighted by atomic mass is 28.4. The minimum Gasteiger partial charge on any atom is -0.376 e. The molecule has 0 unspecified atom stereocenters. The van der Waals surface area contributed by atoms with Crippen molar-refractivity contribution in [1.29, 1.82) is 0 Å². The Balaban J connectivity index is 5.20. The van der Waals surface area contributed by atoms with E-state index >= 15 is 0 Å². The fourth-order valence-corrected chi connectivity index (χ4v) is 5.91. The third-order valence-electron chi connectivity index (χ3n) is 3.83. The molecule has 0 spiro atoms. The molecule has 116 valence electrons. The largest absolute Gasteiger partial charge is 0.506 e. The van der Waals surface area contributed by atoms with Crippen LogP contribution in [0.2, 0.25) is 5.04 Å². The first kappa shape index (κ1) is 19.1. The van der Waals surface area contributed by atoms with Gasteiger partial charge in [-0.1, -0.05) is 46.5 Å². The summed E-state index contributed by atoms with van der Waals surface area (Å²) in [5.74, 6) is 0. The molecular formula is C15H34O3Si. The van der Waals surface area contributed by atoms with Crippen LogP contribution in [-0.2, 0) is 13.3 Å². The molecule has 0 aliphatic carbocycles. The molecule has 0 fully saturated rings. The first-order valence-corrected chi connectivity index (χ1v) is 9.42. The highest BCUT2D eigenvalue weighted by molar-refractivity contribution is 6.64. The second-order valence-electron chi connectivity index (χ2n) is 5.90. The van der Waals surface area contributed by atoms with Crippen LogP contribution >= 0.6 is 0 Å². The van der Waals surface area contributed by atoms with E-state index in [2.05, 4.69) is 34.6 Å². The van der Waals surface area contributed by atoms with Gasteiger partial charge in [-0.25, -0.2) is 0 Å². The van der Waals surface area contributed by atoms with Gasteiger partial charge in [-0.15, -0.1) is 0 Å². The predicted octanol–water partition coefficient (Wildman–Crippen LogP) is 4.78. The zero-order chi connectivity index (χ0) is 14.9. The number of hydrogen-bond acceptors (Lipinski definition) is 3. The van der Waals surface area contributed by atoms with Gasteiger partial charge in [0.1, 0.15) is 0 Å². The second-order valence-corrected chi connectivity index (χ2v) is 9.27. The highest BCUT2D eigenvalue weighted by Crippen LogP contribution is 2.48. The molecule has 0 aliphatic heterocycles. The van der Waals surface area contributed by atoms with Crippen molar-refractivity contribution in [1.82, 2.24) is 0 Å². The predicted molar refractivity (Wildman–Crippen MR) is 83.4 cm³/mol. The lowest BCUT2D eigenvalue weighted by atomic mass is 9.97. The van der Waals surface area contributed by atoms with Crippen molar-refractivity contribution in [3.8, 4) is 0 Å². The summed E-state index contributed by atoms with van der Waals surface area (Å²) in [6, 6.07) is 0. The van der Waals surface area contributed by atoms with Crippen molar-refractivity contribution in [2.45, 2.75) is 84.3 Å². The molecule has 0 heterocycles. The van der Waals surface area contributed by atoms with Gasteiger partial charge in [0.15, 0.2) is 0 Å². The van der Waals surface area contributed by atoms with Gasteiger partial charge in [-0.05, 0) is 26.7 Å². The van der Waals surface area contributed by atoms with Crippen molar-refractivity contribution < 1.29 is 13.3 Å². The summed E-state index contributed by atoms with van der Waals surface area (Å²) in [6.07, 6.45) is 7.15. The molecule has 0 radical (unpaired) electrons. The van der Waals surface area contributed by atoms with E-state index in [4.69, 9.17) is 13.3 Å². The molecule has 0 N–H and O–H groups in total. The Kier molecular flexibility index (Phi) is 9.16. The van der Waals surface area contributed by atoms with E-state index in [0.717, 1.165) is 12.8 Å². The maximum Gasteiger partial charge on any atom is 0.506 e. The zero-order valence-electron chi connectivity index (χ0n) is 14.0. The Bertz CT molecular complexity index is 219. The first-order chi connectivity index (χ1) is 8.91. The SMILES string of the molecule is CCCCC(C)(CCCC)[Si](OC)(OC)OC(C)C. The van der Waals surface area contributed by atoms with E-state index in [0.29, 0.717) is 0 Å². The minimum atomic E-state index is -2.63. The Morgan fingerprint density at radius 3 is 1.63 bits per heavy atom. The Morgan fingerprint density at radius 1 is 0.947 bits per heavy atom. The summed E-state index contributed by atoms with van der Waals surface area (Å²) in [4.78, 5) is 0. The summed E-state index contributed by atoms with van der Waals surface area (Å²) in [5, 5.41) is 0.0206. The van der Waals surface area contributed by atoms with Crippen molar-refractivity contribution in [3.63, 3.8) is 0 Å². The van der Waals surface area contributed by atoms with Gasteiger partial charge in [0.05, 0.1) is 0 Å². The zero-order valence-corrected chi connectivity index (χ0v) is 15.0. The van der Waals surface area contributed by atoms with Gasteiger partial charge in [-0.3, -0.25) is 0 Å². The fraction of sp³-hybridized carbons (Fsp3) is 1.00. The average molecular weight is 291 g/mol. The second kappa shape index (κ2) is 9.11. The lowest BCUT2D eigenvalue weighted by molar-refractivity contribution is 0.0406.